The van der Waals surface area contributed by atoms with Gasteiger partial charge in [-0.1, -0.05) is 42.5 Å². The van der Waals surface area contributed by atoms with Crippen molar-refractivity contribution in [3.63, 3.8) is 0 Å². The maximum absolute atomic E-state index is 12.7. The summed E-state index contributed by atoms with van der Waals surface area (Å²) in [6, 6.07) is 18.1. The Labute approximate surface area is 148 Å². The van der Waals surface area contributed by atoms with Crippen molar-refractivity contribution in [2.45, 2.75) is 30.8 Å². The van der Waals surface area contributed by atoms with Crippen molar-refractivity contribution in [2.24, 2.45) is 5.92 Å². The number of hydrogen-bond acceptors (Lipinski definition) is 3. The zero-order valence-corrected chi connectivity index (χ0v) is 14.4. The number of carbonyl (C=O) groups is 1. The summed E-state index contributed by atoms with van der Waals surface area (Å²) < 4.78 is 0. The molecule has 0 spiro atoms. The molecule has 2 N–H and O–H groups in total. The fraction of sp³-hybridized carbons (Fsp3) is 0.381. The number of phenols is 1. The first kappa shape index (κ1) is 16.2. The van der Waals surface area contributed by atoms with Gasteiger partial charge in [0.25, 0.3) is 0 Å². The van der Waals surface area contributed by atoms with Gasteiger partial charge >= 0.3 is 0 Å². The summed E-state index contributed by atoms with van der Waals surface area (Å²) in [5.74, 6) is 0.685. The molecule has 0 radical (unpaired) electrons. The minimum atomic E-state index is 0.0316. The molecular formula is C21H24N2O2. The highest BCUT2D eigenvalue weighted by molar-refractivity contribution is 5.83. The fourth-order valence-electron chi connectivity index (χ4n) is 4.13. The summed E-state index contributed by atoms with van der Waals surface area (Å²) in [5.41, 5.74) is 2.32. The number of nitrogens with one attached hydrogen (secondary N) is 1. The molecule has 1 aliphatic carbocycles. The van der Waals surface area contributed by atoms with Gasteiger partial charge in [-0.05, 0) is 49.1 Å². The molecule has 2 aromatic carbocycles. The van der Waals surface area contributed by atoms with Gasteiger partial charge in [-0.25, -0.2) is 0 Å². The molecule has 25 heavy (non-hydrogen) atoms. The molecule has 4 heteroatoms. The van der Waals surface area contributed by atoms with Crippen LogP contribution < -0.4 is 5.32 Å². The molecule has 2 aromatic rings. The van der Waals surface area contributed by atoms with Crippen LogP contribution in [0.3, 0.4) is 0 Å². The van der Waals surface area contributed by atoms with Gasteiger partial charge in [0.05, 0.1) is 6.04 Å². The van der Waals surface area contributed by atoms with Crippen LogP contribution in [0.2, 0.25) is 0 Å². The Kier molecular flexibility index (Phi) is 4.22. The van der Waals surface area contributed by atoms with Crippen LogP contribution in [0, 0.1) is 5.92 Å². The van der Waals surface area contributed by atoms with Gasteiger partial charge in [-0.15, -0.1) is 0 Å². The van der Waals surface area contributed by atoms with Gasteiger partial charge in [0, 0.05) is 18.5 Å². The van der Waals surface area contributed by atoms with E-state index in [9.17, 15) is 9.90 Å². The van der Waals surface area contributed by atoms with E-state index in [0.717, 1.165) is 24.9 Å². The van der Waals surface area contributed by atoms with Crippen molar-refractivity contribution in [3.05, 3.63) is 65.7 Å². The van der Waals surface area contributed by atoms with E-state index in [0.29, 0.717) is 0 Å². The number of amides is 1. The monoisotopic (exact) mass is 336 g/mol. The topological polar surface area (TPSA) is 52.6 Å². The van der Waals surface area contributed by atoms with Gasteiger partial charge in [0.1, 0.15) is 5.75 Å². The van der Waals surface area contributed by atoms with E-state index in [1.165, 1.54) is 5.56 Å². The van der Waals surface area contributed by atoms with E-state index in [1.54, 1.807) is 12.1 Å². The molecule has 0 aromatic heterocycles. The van der Waals surface area contributed by atoms with Gasteiger partial charge in [0.2, 0.25) is 5.91 Å². The molecule has 4 atom stereocenters. The van der Waals surface area contributed by atoms with Crippen LogP contribution in [0.15, 0.2) is 54.6 Å². The van der Waals surface area contributed by atoms with E-state index in [4.69, 9.17) is 0 Å². The molecule has 1 saturated heterocycles. The number of nitrogens with zero attached hydrogens (tertiary/aromatic N) is 1. The third-order valence-corrected chi connectivity index (χ3v) is 5.54. The zero-order valence-electron chi connectivity index (χ0n) is 14.4. The molecule has 4 nitrogen and oxygen atoms in total. The Morgan fingerprint density at radius 3 is 2.64 bits per heavy atom. The Hall–Kier alpha value is -2.33. The summed E-state index contributed by atoms with van der Waals surface area (Å²) in [6.07, 6.45) is 1.85. The maximum Gasteiger partial charge on any atom is 0.224 e. The minimum Gasteiger partial charge on any atom is -0.508 e. The second-order valence-corrected chi connectivity index (χ2v) is 7.28. The maximum atomic E-state index is 12.7. The number of aromatic hydroxyl groups is 1. The zero-order chi connectivity index (χ0) is 17.4. The number of likely N-dealkylation sites (N-methyl/N-ethyl adjacent to an activating group) is 1. The Morgan fingerprint density at radius 2 is 1.88 bits per heavy atom. The second kappa shape index (κ2) is 6.52. The molecule has 1 amide bonds. The number of rotatable bonds is 4. The quantitative estimate of drug-likeness (QED) is 0.902. The first-order valence-electron chi connectivity index (χ1n) is 8.98. The lowest BCUT2D eigenvalue weighted by Gasteiger charge is -2.26. The highest BCUT2D eigenvalue weighted by Crippen LogP contribution is 2.48. The third-order valence-electron chi connectivity index (χ3n) is 5.54. The largest absolute Gasteiger partial charge is 0.508 e. The third kappa shape index (κ3) is 3.27. The van der Waals surface area contributed by atoms with Gasteiger partial charge < -0.3 is 10.4 Å². The van der Waals surface area contributed by atoms with Crippen LogP contribution in [0.1, 0.15) is 35.9 Å². The SMILES string of the molecule is CN1CC[C@@H](NC(=O)[C@H]2C[C@@H]2c2cccc(O)c2)[C@H]1c1ccccc1. The lowest BCUT2D eigenvalue weighted by atomic mass is 10.00. The summed E-state index contributed by atoms with van der Waals surface area (Å²) in [6.45, 7) is 0.991. The molecule has 2 fully saturated rings. The van der Waals surface area contributed by atoms with E-state index in [2.05, 4.69) is 41.5 Å². The lowest BCUT2D eigenvalue weighted by molar-refractivity contribution is -0.123. The number of carbonyl (C=O) groups excluding carboxylic acids is 1. The van der Waals surface area contributed by atoms with Crippen molar-refractivity contribution in [2.75, 3.05) is 13.6 Å². The van der Waals surface area contributed by atoms with Crippen LogP contribution in [-0.4, -0.2) is 35.5 Å². The predicted molar refractivity (Wildman–Crippen MR) is 97.3 cm³/mol. The van der Waals surface area contributed by atoms with Crippen molar-refractivity contribution in [1.82, 2.24) is 10.2 Å². The van der Waals surface area contributed by atoms with E-state index in [-0.39, 0.29) is 35.6 Å². The summed E-state index contributed by atoms with van der Waals surface area (Å²) in [4.78, 5) is 15.0. The van der Waals surface area contributed by atoms with Crippen molar-refractivity contribution >= 4 is 5.91 Å². The number of phenolic OH excluding ortho intramolecular Hbond substituents is 1. The molecule has 130 valence electrons. The Bertz CT molecular complexity index is 762. The molecule has 1 saturated carbocycles. The molecular weight excluding hydrogens is 312 g/mol. The Balaban J connectivity index is 1.43. The summed E-state index contributed by atoms with van der Waals surface area (Å²) >= 11 is 0. The first-order valence-corrected chi connectivity index (χ1v) is 8.98. The van der Waals surface area contributed by atoms with Crippen LogP contribution in [0.5, 0.6) is 5.75 Å². The summed E-state index contributed by atoms with van der Waals surface area (Å²) in [7, 11) is 2.12. The number of likely N-dealkylation sites (tertiary alicyclic amines) is 1. The number of hydrogen-bond donors (Lipinski definition) is 2. The van der Waals surface area contributed by atoms with Crippen LogP contribution in [0.25, 0.3) is 0 Å². The van der Waals surface area contributed by atoms with Crippen LogP contribution in [0.4, 0.5) is 0 Å². The van der Waals surface area contributed by atoms with Crippen molar-refractivity contribution < 1.29 is 9.90 Å². The first-order chi connectivity index (χ1) is 12.1. The van der Waals surface area contributed by atoms with Crippen molar-refractivity contribution in [1.29, 1.82) is 0 Å². The second-order valence-electron chi connectivity index (χ2n) is 7.28. The van der Waals surface area contributed by atoms with Crippen molar-refractivity contribution in [3.8, 4) is 5.75 Å². The molecule has 4 rings (SSSR count). The fourth-order valence-corrected chi connectivity index (χ4v) is 4.13. The molecule has 1 heterocycles. The highest BCUT2D eigenvalue weighted by Gasteiger charge is 2.45. The molecule has 2 aliphatic rings. The van der Waals surface area contributed by atoms with Gasteiger partial charge in [-0.3, -0.25) is 9.69 Å². The smallest absolute Gasteiger partial charge is 0.224 e. The average molecular weight is 336 g/mol. The lowest BCUT2D eigenvalue weighted by Crippen LogP contribution is -2.39. The molecule has 0 bridgehead atoms. The van der Waals surface area contributed by atoms with E-state index in [1.807, 2.05) is 18.2 Å². The number of benzene rings is 2. The van der Waals surface area contributed by atoms with Crippen LogP contribution in [-0.2, 0) is 4.79 Å². The normalized spacial score (nSPS) is 28.7. The predicted octanol–water partition coefficient (Wildman–Crippen LogP) is 3.06. The van der Waals surface area contributed by atoms with E-state index >= 15 is 0 Å². The molecule has 0 unspecified atom stereocenters. The standard InChI is InChI=1S/C21H24N2O2/c1-23-11-10-19(20(23)14-6-3-2-4-7-14)22-21(25)18-13-17(18)15-8-5-9-16(24)12-15/h2-9,12,17-20,24H,10-11,13H2,1H3,(H,22,25)/t17-,18+,19-,20-/m1/s1. The Morgan fingerprint density at radius 1 is 1.12 bits per heavy atom. The average Bonchev–Trinajstić information content (AvgIpc) is 3.34. The van der Waals surface area contributed by atoms with Gasteiger partial charge in [-0.2, -0.15) is 0 Å². The highest BCUT2D eigenvalue weighted by atomic mass is 16.3. The summed E-state index contributed by atoms with van der Waals surface area (Å²) in [5, 5.41) is 12.9. The minimum absolute atomic E-state index is 0.0316. The van der Waals surface area contributed by atoms with Gasteiger partial charge in [0.15, 0.2) is 0 Å². The van der Waals surface area contributed by atoms with E-state index < -0.39 is 0 Å². The molecule has 1 aliphatic heterocycles. The van der Waals surface area contributed by atoms with Crippen LogP contribution >= 0.6 is 0 Å².